The van der Waals surface area contributed by atoms with Crippen LogP contribution in [0.25, 0.3) is 0 Å². The molecule has 0 N–H and O–H groups in total. The first kappa shape index (κ1) is 10.8. The number of hydrogen-bond donors (Lipinski definition) is 0. The maximum Gasteiger partial charge on any atom is 0.128 e. The number of imidazole rings is 1. The van der Waals surface area contributed by atoms with E-state index in [2.05, 4.69) is 4.98 Å². The van der Waals surface area contributed by atoms with E-state index in [4.69, 9.17) is 0 Å². The first-order valence-electron chi connectivity index (χ1n) is 5.00. The Morgan fingerprint density at radius 3 is 2.62 bits per heavy atom. The highest BCUT2D eigenvalue weighted by Crippen LogP contribution is 2.13. The smallest absolute Gasteiger partial charge is 0.128 e. The molecule has 0 atom stereocenters. The lowest BCUT2D eigenvalue weighted by Crippen LogP contribution is -2.03. The number of nitrogens with zero attached hydrogens (tertiary/aromatic N) is 2. The van der Waals surface area contributed by atoms with Gasteiger partial charge in [0.15, 0.2) is 0 Å². The van der Waals surface area contributed by atoms with Crippen LogP contribution in [0.5, 0.6) is 0 Å². The standard InChI is InChI=1S/C12H12F2N2/c1-8-9(2)16(7-15-8)6-10-5-11(13)3-4-12(10)14/h3-5,7H,6H2,1-2H3. The van der Waals surface area contributed by atoms with Crippen molar-refractivity contribution in [2.75, 3.05) is 0 Å². The minimum Gasteiger partial charge on any atom is -0.330 e. The summed E-state index contributed by atoms with van der Waals surface area (Å²) < 4.78 is 28.2. The summed E-state index contributed by atoms with van der Waals surface area (Å²) in [5.74, 6) is -0.821. The number of hydrogen-bond acceptors (Lipinski definition) is 1. The molecule has 1 heterocycles. The molecule has 0 fully saturated rings. The number of aryl methyl sites for hydroxylation is 1. The van der Waals surface area contributed by atoms with Gasteiger partial charge in [0, 0.05) is 11.3 Å². The Morgan fingerprint density at radius 2 is 2.00 bits per heavy atom. The Kier molecular flexibility index (Phi) is 2.73. The fourth-order valence-corrected chi connectivity index (χ4v) is 1.55. The van der Waals surface area contributed by atoms with Crippen molar-refractivity contribution in [3.8, 4) is 0 Å². The highest BCUT2D eigenvalue weighted by Gasteiger charge is 2.07. The summed E-state index contributed by atoms with van der Waals surface area (Å²) in [6.07, 6.45) is 1.63. The summed E-state index contributed by atoms with van der Waals surface area (Å²) in [7, 11) is 0. The monoisotopic (exact) mass is 222 g/mol. The van der Waals surface area contributed by atoms with E-state index < -0.39 is 11.6 Å². The predicted molar refractivity (Wildman–Crippen MR) is 57.2 cm³/mol. The van der Waals surface area contributed by atoms with Gasteiger partial charge in [-0.05, 0) is 32.0 Å². The van der Waals surface area contributed by atoms with Crippen molar-refractivity contribution in [3.05, 3.63) is 53.1 Å². The molecule has 16 heavy (non-hydrogen) atoms. The van der Waals surface area contributed by atoms with Crippen molar-refractivity contribution < 1.29 is 8.78 Å². The summed E-state index contributed by atoms with van der Waals surface area (Å²) in [5.41, 5.74) is 2.20. The minimum absolute atomic E-state index is 0.302. The molecule has 0 saturated heterocycles. The van der Waals surface area contributed by atoms with Crippen LogP contribution in [0.15, 0.2) is 24.5 Å². The van der Waals surface area contributed by atoms with Gasteiger partial charge in [-0.15, -0.1) is 0 Å². The average Bonchev–Trinajstić information content (AvgIpc) is 2.55. The zero-order valence-corrected chi connectivity index (χ0v) is 9.17. The molecular weight excluding hydrogens is 210 g/mol. The Morgan fingerprint density at radius 1 is 1.25 bits per heavy atom. The number of rotatable bonds is 2. The summed E-state index contributed by atoms with van der Waals surface area (Å²) in [5, 5.41) is 0. The van der Waals surface area contributed by atoms with Gasteiger partial charge in [0.2, 0.25) is 0 Å². The van der Waals surface area contributed by atoms with Crippen LogP contribution in [0, 0.1) is 25.5 Å². The highest BCUT2D eigenvalue weighted by molar-refractivity contribution is 5.20. The Hall–Kier alpha value is -1.71. The fraction of sp³-hybridized carbons (Fsp3) is 0.250. The third-order valence-corrected chi connectivity index (χ3v) is 2.69. The van der Waals surface area contributed by atoms with Crippen molar-refractivity contribution in [2.45, 2.75) is 20.4 Å². The molecular formula is C12H12F2N2. The Labute approximate surface area is 92.6 Å². The number of aromatic nitrogens is 2. The van der Waals surface area contributed by atoms with Gasteiger partial charge < -0.3 is 4.57 Å². The molecule has 0 bridgehead atoms. The van der Waals surface area contributed by atoms with Crippen molar-refractivity contribution in [1.29, 1.82) is 0 Å². The SMILES string of the molecule is Cc1ncn(Cc2cc(F)ccc2F)c1C. The lowest BCUT2D eigenvalue weighted by atomic mass is 10.2. The molecule has 0 unspecified atom stereocenters. The normalized spacial score (nSPS) is 10.8. The van der Waals surface area contributed by atoms with Gasteiger partial charge in [0.05, 0.1) is 18.6 Å². The van der Waals surface area contributed by atoms with Crippen LogP contribution in [0.1, 0.15) is 17.0 Å². The van der Waals surface area contributed by atoms with Crippen molar-refractivity contribution >= 4 is 0 Å². The van der Waals surface area contributed by atoms with Gasteiger partial charge in [-0.3, -0.25) is 0 Å². The van der Waals surface area contributed by atoms with Gasteiger partial charge in [-0.1, -0.05) is 0 Å². The molecule has 0 radical (unpaired) electrons. The van der Waals surface area contributed by atoms with Crippen molar-refractivity contribution in [1.82, 2.24) is 9.55 Å². The van der Waals surface area contributed by atoms with Crippen LogP contribution in [-0.2, 0) is 6.54 Å². The van der Waals surface area contributed by atoms with Crippen LogP contribution < -0.4 is 0 Å². The van der Waals surface area contributed by atoms with E-state index in [1.165, 1.54) is 6.07 Å². The first-order valence-corrected chi connectivity index (χ1v) is 5.00. The maximum atomic E-state index is 13.4. The number of halogens is 2. The fourth-order valence-electron chi connectivity index (χ4n) is 1.55. The zero-order chi connectivity index (χ0) is 11.7. The van der Waals surface area contributed by atoms with Crippen LogP contribution in [0.4, 0.5) is 8.78 Å². The molecule has 0 aliphatic carbocycles. The van der Waals surface area contributed by atoms with E-state index in [9.17, 15) is 8.78 Å². The molecule has 2 nitrogen and oxygen atoms in total. The van der Waals surface area contributed by atoms with Gasteiger partial charge >= 0.3 is 0 Å². The van der Waals surface area contributed by atoms with E-state index in [1.807, 2.05) is 13.8 Å². The molecule has 0 spiro atoms. The summed E-state index contributed by atoms with van der Waals surface area (Å²) in [4.78, 5) is 4.11. The molecule has 0 aliphatic heterocycles. The lowest BCUT2D eigenvalue weighted by Gasteiger charge is -2.06. The predicted octanol–water partition coefficient (Wildman–Crippen LogP) is 2.83. The van der Waals surface area contributed by atoms with Gasteiger partial charge in [-0.25, -0.2) is 13.8 Å². The molecule has 2 aromatic rings. The zero-order valence-electron chi connectivity index (χ0n) is 9.17. The first-order chi connectivity index (χ1) is 7.58. The highest BCUT2D eigenvalue weighted by atomic mass is 19.1. The van der Waals surface area contributed by atoms with Gasteiger partial charge in [-0.2, -0.15) is 0 Å². The van der Waals surface area contributed by atoms with E-state index in [0.717, 1.165) is 23.5 Å². The second kappa shape index (κ2) is 4.04. The molecule has 4 heteroatoms. The summed E-state index contributed by atoms with van der Waals surface area (Å²) in [6.45, 7) is 4.09. The van der Waals surface area contributed by atoms with E-state index in [1.54, 1.807) is 10.9 Å². The Bertz CT molecular complexity index is 518. The van der Waals surface area contributed by atoms with Crippen LogP contribution >= 0.6 is 0 Å². The van der Waals surface area contributed by atoms with Crippen LogP contribution in [0.2, 0.25) is 0 Å². The third-order valence-electron chi connectivity index (χ3n) is 2.69. The maximum absolute atomic E-state index is 13.4. The van der Waals surface area contributed by atoms with E-state index in [0.29, 0.717) is 12.1 Å². The molecule has 0 amide bonds. The molecule has 0 saturated carbocycles. The molecule has 1 aromatic heterocycles. The quantitative estimate of drug-likeness (QED) is 0.764. The van der Waals surface area contributed by atoms with E-state index >= 15 is 0 Å². The third kappa shape index (κ3) is 1.96. The minimum atomic E-state index is -0.425. The largest absolute Gasteiger partial charge is 0.330 e. The van der Waals surface area contributed by atoms with E-state index in [-0.39, 0.29) is 0 Å². The Balaban J connectivity index is 2.33. The van der Waals surface area contributed by atoms with Gasteiger partial charge in [0.25, 0.3) is 0 Å². The number of benzene rings is 1. The van der Waals surface area contributed by atoms with Crippen molar-refractivity contribution in [2.24, 2.45) is 0 Å². The topological polar surface area (TPSA) is 17.8 Å². The summed E-state index contributed by atoms with van der Waals surface area (Å²) in [6, 6.07) is 3.47. The second-order valence-electron chi connectivity index (χ2n) is 3.78. The summed E-state index contributed by atoms with van der Waals surface area (Å²) >= 11 is 0. The second-order valence-corrected chi connectivity index (χ2v) is 3.78. The van der Waals surface area contributed by atoms with Crippen molar-refractivity contribution in [3.63, 3.8) is 0 Å². The lowest BCUT2D eigenvalue weighted by molar-refractivity contribution is 0.575. The van der Waals surface area contributed by atoms with Gasteiger partial charge in [0.1, 0.15) is 11.6 Å². The van der Waals surface area contributed by atoms with Crippen LogP contribution in [-0.4, -0.2) is 9.55 Å². The molecule has 84 valence electrons. The molecule has 1 aromatic carbocycles. The average molecular weight is 222 g/mol. The molecule has 2 rings (SSSR count). The molecule has 0 aliphatic rings. The van der Waals surface area contributed by atoms with Crippen LogP contribution in [0.3, 0.4) is 0 Å².